The Hall–Kier alpha value is -0.370. The van der Waals surface area contributed by atoms with Gasteiger partial charge in [-0.3, -0.25) is 9.69 Å². The number of carbonyl (C=O) groups excluding carboxylic acids is 1. The van der Waals surface area contributed by atoms with Crippen molar-refractivity contribution >= 4 is 18.8 Å². The fourth-order valence-electron chi connectivity index (χ4n) is 6.15. The predicted octanol–water partition coefficient (Wildman–Crippen LogP) is 2.44. The second kappa shape index (κ2) is 7.22. The van der Waals surface area contributed by atoms with Gasteiger partial charge in [0, 0.05) is 12.1 Å². The van der Waals surface area contributed by atoms with E-state index in [1.54, 1.807) is 0 Å². The van der Waals surface area contributed by atoms with Crippen molar-refractivity contribution < 1.29 is 18.5 Å². The van der Waals surface area contributed by atoms with Crippen molar-refractivity contribution in [2.24, 2.45) is 17.8 Å². The van der Waals surface area contributed by atoms with Gasteiger partial charge >= 0.3 is 0 Å². The highest BCUT2D eigenvalue weighted by Crippen LogP contribution is 2.47. The van der Waals surface area contributed by atoms with Crippen molar-refractivity contribution in [2.75, 3.05) is 6.54 Å². The van der Waals surface area contributed by atoms with E-state index in [1.807, 2.05) is 0 Å². The Bertz CT molecular complexity index is 553. The van der Waals surface area contributed by atoms with Gasteiger partial charge < -0.3 is 14.6 Å². The molecule has 2 heterocycles. The minimum Gasteiger partial charge on any atom is -0.390 e. The van der Waals surface area contributed by atoms with Crippen molar-refractivity contribution in [2.45, 2.75) is 88.4 Å². The van der Waals surface area contributed by atoms with E-state index in [2.05, 4.69) is 30.1 Å². The standard InChI is InChI=1S/C19H31FN2O3S/c1-19-8-3-2-4-13(19)18(24)21-17-12(7-9-22(17)19)10-11-5-6-14(23)16(25-26)15(11)20/h11-17,23,26H,2-10H2,1H3,(H,21,24)/t11?,12?,13-,14?,15+,16?,17?,19?/m0/s1. The van der Waals surface area contributed by atoms with Crippen LogP contribution in [0.3, 0.4) is 0 Å². The zero-order valence-electron chi connectivity index (χ0n) is 15.4. The Kier molecular flexibility index (Phi) is 5.27. The summed E-state index contributed by atoms with van der Waals surface area (Å²) in [6.45, 7) is 3.23. The summed E-state index contributed by atoms with van der Waals surface area (Å²) < 4.78 is 19.7. The number of halogens is 1. The van der Waals surface area contributed by atoms with Gasteiger partial charge in [-0.05, 0) is 70.2 Å². The van der Waals surface area contributed by atoms with Crippen molar-refractivity contribution in [3.8, 4) is 0 Å². The van der Waals surface area contributed by atoms with E-state index in [4.69, 9.17) is 4.18 Å². The molecule has 0 aromatic carbocycles. The summed E-state index contributed by atoms with van der Waals surface area (Å²) >= 11 is 3.76. The highest BCUT2D eigenvalue weighted by Gasteiger charge is 2.55. The molecule has 0 spiro atoms. The first-order chi connectivity index (χ1) is 12.5. The molecule has 4 fully saturated rings. The third-order valence-electron chi connectivity index (χ3n) is 7.67. The Labute approximate surface area is 160 Å². The number of hydrogen-bond acceptors (Lipinski definition) is 5. The van der Waals surface area contributed by atoms with E-state index in [1.165, 1.54) is 6.42 Å². The molecule has 2 N–H and O–H groups in total. The monoisotopic (exact) mass is 386 g/mol. The van der Waals surface area contributed by atoms with Gasteiger partial charge in [0.1, 0.15) is 12.3 Å². The molecule has 4 rings (SSSR count). The van der Waals surface area contributed by atoms with Crippen LogP contribution in [0.15, 0.2) is 0 Å². The third kappa shape index (κ3) is 2.99. The van der Waals surface area contributed by atoms with Gasteiger partial charge in [-0.1, -0.05) is 12.8 Å². The lowest BCUT2D eigenvalue weighted by atomic mass is 9.70. The molecule has 26 heavy (non-hydrogen) atoms. The first-order valence-electron chi connectivity index (χ1n) is 10.1. The van der Waals surface area contributed by atoms with Crippen LogP contribution < -0.4 is 5.32 Å². The molecule has 7 heteroatoms. The van der Waals surface area contributed by atoms with Crippen LogP contribution in [-0.2, 0) is 8.98 Å². The number of fused-ring (bicyclic) bond motifs is 3. The normalized spacial score (nSPS) is 49.4. The molecule has 4 aliphatic rings. The molecular formula is C19H31FN2O3S. The summed E-state index contributed by atoms with van der Waals surface area (Å²) in [5, 5.41) is 13.2. The van der Waals surface area contributed by atoms with E-state index >= 15 is 0 Å². The Morgan fingerprint density at radius 2 is 2.12 bits per heavy atom. The topological polar surface area (TPSA) is 61.8 Å². The molecule has 0 radical (unpaired) electrons. The molecule has 2 saturated carbocycles. The minimum absolute atomic E-state index is 0.0243. The van der Waals surface area contributed by atoms with Crippen LogP contribution in [0.25, 0.3) is 0 Å². The second-order valence-corrected chi connectivity index (χ2v) is 9.22. The van der Waals surface area contributed by atoms with Crippen molar-refractivity contribution in [1.29, 1.82) is 0 Å². The van der Waals surface area contributed by atoms with Crippen LogP contribution >= 0.6 is 12.9 Å². The lowest BCUT2D eigenvalue weighted by Crippen LogP contribution is -2.68. The fraction of sp³-hybridized carbons (Fsp3) is 0.947. The molecular weight excluding hydrogens is 355 g/mol. The van der Waals surface area contributed by atoms with Crippen molar-refractivity contribution in [1.82, 2.24) is 10.2 Å². The van der Waals surface area contributed by atoms with Crippen LogP contribution in [0, 0.1) is 17.8 Å². The molecule has 8 atom stereocenters. The molecule has 1 amide bonds. The Balaban J connectivity index is 1.47. The van der Waals surface area contributed by atoms with Gasteiger partial charge in [-0.2, -0.15) is 0 Å². The highest BCUT2D eigenvalue weighted by molar-refractivity contribution is 7.75. The summed E-state index contributed by atoms with van der Waals surface area (Å²) in [6, 6.07) is 0. The van der Waals surface area contributed by atoms with E-state index in [-0.39, 0.29) is 35.4 Å². The van der Waals surface area contributed by atoms with Gasteiger partial charge in [0.15, 0.2) is 0 Å². The van der Waals surface area contributed by atoms with E-state index < -0.39 is 18.4 Å². The van der Waals surface area contributed by atoms with Gasteiger partial charge in [0.25, 0.3) is 0 Å². The number of hydrogen-bond donors (Lipinski definition) is 3. The average Bonchev–Trinajstić information content (AvgIpc) is 3.01. The minimum atomic E-state index is -1.21. The quantitative estimate of drug-likeness (QED) is 0.515. The van der Waals surface area contributed by atoms with Crippen LogP contribution in [0.2, 0.25) is 0 Å². The van der Waals surface area contributed by atoms with Gasteiger partial charge in [0.05, 0.1) is 18.2 Å². The van der Waals surface area contributed by atoms with Crippen LogP contribution in [0.4, 0.5) is 4.39 Å². The number of nitrogens with zero attached hydrogens (tertiary/aromatic N) is 1. The number of aliphatic hydroxyl groups excluding tert-OH is 1. The molecule has 6 unspecified atom stereocenters. The first kappa shape index (κ1) is 19.0. The van der Waals surface area contributed by atoms with E-state index in [0.717, 1.165) is 38.6 Å². The van der Waals surface area contributed by atoms with Gasteiger partial charge in [-0.15, -0.1) is 0 Å². The van der Waals surface area contributed by atoms with Crippen LogP contribution in [-0.4, -0.2) is 52.5 Å². The maximum atomic E-state index is 14.8. The highest BCUT2D eigenvalue weighted by atomic mass is 32.1. The molecule has 2 saturated heterocycles. The largest absolute Gasteiger partial charge is 0.390 e. The van der Waals surface area contributed by atoms with Crippen molar-refractivity contribution in [3.63, 3.8) is 0 Å². The lowest BCUT2D eigenvalue weighted by molar-refractivity contribution is -0.146. The third-order valence-corrected chi connectivity index (χ3v) is 7.91. The van der Waals surface area contributed by atoms with Crippen LogP contribution in [0.5, 0.6) is 0 Å². The summed E-state index contributed by atoms with van der Waals surface area (Å²) in [6.07, 6.45) is 4.47. The molecule has 0 aromatic heterocycles. The number of nitrogens with one attached hydrogen (secondary N) is 1. The zero-order valence-corrected chi connectivity index (χ0v) is 16.3. The van der Waals surface area contributed by atoms with Gasteiger partial charge in [0.2, 0.25) is 5.91 Å². The first-order valence-corrected chi connectivity index (χ1v) is 10.5. The average molecular weight is 387 g/mol. The summed E-state index contributed by atoms with van der Waals surface area (Å²) in [5.41, 5.74) is -0.0470. The fourth-order valence-corrected chi connectivity index (χ4v) is 6.40. The molecule has 0 aromatic rings. The predicted molar refractivity (Wildman–Crippen MR) is 99.2 cm³/mol. The summed E-state index contributed by atoms with van der Waals surface area (Å²) in [4.78, 5) is 15.2. The Morgan fingerprint density at radius 3 is 2.88 bits per heavy atom. The number of amides is 1. The number of alkyl halides is 1. The Morgan fingerprint density at radius 1 is 1.31 bits per heavy atom. The lowest BCUT2D eigenvalue weighted by Gasteiger charge is -2.54. The number of thiol groups is 1. The molecule has 148 valence electrons. The maximum Gasteiger partial charge on any atom is 0.226 e. The van der Waals surface area contributed by atoms with Crippen LogP contribution in [0.1, 0.15) is 58.3 Å². The molecule has 2 aliphatic heterocycles. The number of rotatable bonds is 3. The molecule has 2 aliphatic carbocycles. The zero-order chi connectivity index (χ0) is 18.5. The van der Waals surface area contributed by atoms with E-state index in [0.29, 0.717) is 12.8 Å². The second-order valence-electron chi connectivity index (χ2n) is 9.01. The summed E-state index contributed by atoms with van der Waals surface area (Å²) in [7, 11) is 0. The SMILES string of the molecule is CC12CCCC[C@H]1C(=O)NC1C(CC3CCC(O)C(OS)[C@@H]3F)CCN12. The number of aliphatic hydroxyl groups is 1. The molecule has 0 bridgehead atoms. The van der Waals surface area contributed by atoms with Crippen molar-refractivity contribution in [3.05, 3.63) is 0 Å². The molecule has 5 nitrogen and oxygen atoms in total. The maximum absolute atomic E-state index is 14.8. The van der Waals surface area contributed by atoms with E-state index in [9.17, 15) is 14.3 Å². The van der Waals surface area contributed by atoms with Gasteiger partial charge in [-0.25, -0.2) is 4.39 Å². The number of carbonyl (C=O) groups is 1. The smallest absolute Gasteiger partial charge is 0.226 e. The summed E-state index contributed by atoms with van der Waals surface area (Å²) in [5.74, 6) is 0.395.